The molecule has 258 valence electrons. The molecule has 0 saturated carbocycles. The lowest BCUT2D eigenvalue weighted by molar-refractivity contribution is 0.0696. The number of allylic oxidation sites excluding steroid dienone is 4. The SMILES string of the molecule is C=C(Cl)/C(C)=C\C(=C/CC)OCCCc1c2n(c3c(-c4c(C)nn(C)c4C)c(Cl)ccc13)CCCN(Cc1cc(C(=O)O)cc(Cl)n1)C2=O. The number of fused-ring (bicyclic) bond motifs is 3. The Morgan fingerprint density at radius 3 is 2.57 bits per heavy atom. The van der Waals surface area contributed by atoms with E-state index in [4.69, 9.17) is 39.5 Å². The highest BCUT2D eigenvalue weighted by molar-refractivity contribution is 6.35. The molecule has 4 heterocycles. The van der Waals surface area contributed by atoms with Crippen LogP contribution in [0, 0.1) is 13.8 Å². The van der Waals surface area contributed by atoms with Crippen LogP contribution in [0.2, 0.25) is 10.2 Å². The highest BCUT2D eigenvalue weighted by atomic mass is 35.5. The van der Waals surface area contributed by atoms with Crippen molar-refractivity contribution in [3.63, 3.8) is 0 Å². The van der Waals surface area contributed by atoms with E-state index in [0.29, 0.717) is 60.4 Å². The maximum Gasteiger partial charge on any atom is 0.335 e. The lowest BCUT2D eigenvalue weighted by atomic mass is 9.98. The molecule has 1 aliphatic heterocycles. The summed E-state index contributed by atoms with van der Waals surface area (Å²) < 4.78 is 10.1. The molecule has 0 bridgehead atoms. The highest BCUT2D eigenvalue weighted by Gasteiger charge is 2.32. The van der Waals surface area contributed by atoms with Crippen molar-refractivity contribution >= 4 is 57.6 Å². The van der Waals surface area contributed by atoms with Crippen LogP contribution in [0.4, 0.5) is 0 Å². The maximum absolute atomic E-state index is 14.6. The van der Waals surface area contributed by atoms with Crippen molar-refractivity contribution in [1.82, 2.24) is 24.2 Å². The molecule has 3 aromatic heterocycles. The molecule has 0 spiro atoms. The van der Waals surface area contributed by atoms with Gasteiger partial charge in [0.25, 0.3) is 5.91 Å². The van der Waals surface area contributed by atoms with E-state index in [0.717, 1.165) is 56.7 Å². The van der Waals surface area contributed by atoms with Crippen molar-refractivity contribution in [2.24, 2.45) is 7.05 Å². The van der Waals surface area contributed by atoms with Gasteiger partial charge in [0, 0.05) is 47.4 Å². The van der Waals surface area contributed by atoms with E-state index >= 15 is 0 Å². The van der Waals surface area contributed by atoms with E-state index in [1.807, 2.05) is 63.7 Å². The van der Waals surface area contributed by atoms with Gasteiger partial charge in [0.2, 0.25) is 0 Å². The van der Waals surface area contributed by atoms with Gasteiger partial charge in [-0.2, -0.15) is 5.10 Å². The summed E-state index contributed by atoms with van der Waals surface area (Å²) in [6.07, 6.45) is 6.53. The van der Waals surface area contributed by atoms with Gasteiger partial charge in [0.05, 0.1) is 40.6 Å². The van der Waals surface area contributed by atoms with Gasteiger partial charge in [0.15, 0.2) is 0 Å². The summed E-state index contributed by atoms with van der Waals surface area (Å²) in [5.74, 6) is -0.565. The van der Waals surface area contributed by atoms with E-state index in [1.165, 1.54) is 12.1 Å². The Morgan fingerprint density at radius 2 is 1.92 bits per heavy atom. The Hall–Kier alpha value is -4.05. The number of carboxylic acid groups (broad SMARTS) is 1. The number of aromatic nitrogens is 4. The smallest absolute Gasteiger partial charge is 0.335 e. The zero-order valence-electron chi connectivity index (χ0n) is 28.4. The van der Waals surface area contributed by atoms with Crippen LogP contribution < -0.4 is 0 Å². The van der Waals surface area contributed by atoms with Crippen molar-refractivity contribution in [2.45, 2.75) is 66.5 Å². The van der Waals surface area contributed by atoms with E-state index in [2.05, 4.69) is 21.2 Å². The first kappa shape index (κ1) is 36.2. The molecule has 1 aromatic carbocycles. The van der Waals surface area contributed by atoms with Gasteiger partial charge in [-0.05, 0) is 87.9 Å². The molecule has 9 nitrogen and oxygen atoms in total. The zero-order valence-corrected chi connectivity index (χ0v) is 30.6. The van der Waals surface area contributed by atoms with Crippen LogP contribution >= 0.6 is 34.8 Å². The summed E-state index contributed by atoms with van der Waals surface area (Å²) in [5.41, 5.74) is 7.24. The largest absolute Gasteiger partial charge is 0.494 e. The van der Waals surface area contributed by atoms with Gasteiger partial charge in [0.1, 0.15) is 16.6 Å². The Morgan fingerprint density at radius 1 is 1.16 bits per heavy atom. The first-order valence-corrected chi connectivity index (χ1v) is 17.3. The number of aromatic carboxylic acids is 1. The third kappa shape index (κ3) is 7.59. The lowest BCUT2D eigenvalue weighted by Gasteiger charge is -2.21. The van der Waals surface area contributed by atoms with Crippen molar-refractivity contribution in [3.05, 3.63) is 103 Å². The zero-order chi connectivity index (χ0) is 35.6. The fourth-order valence-electron chi connectivity index (χ4n) is 6.45. The Kier molecular flexibility index (Phi) is 11.3. The van der Waals surface area contributed by atoms with Crippen LogP contribution in [0.1, 0.15) is 76.6 Å². The molecule has 0 fully saturated rings. The first-order chi connectivity index (χ1) is 23.3. The van der Waals surface area contributed by atoms with Crippen LogP contribution in [0.15, 0.2) is 59.4 Å². The number of halogens is 3. The minimum atomic E-state index is -1.11. The van der Waals surface area contributed by atoms with Crippen LogP contribution in [0.25, 0.3) is 22.0 Å². The van der Waals surface area contributed by atoms with E-state index < -0.39 is 5.97 Å². The minimum absolute atomic E-state index is 0.0189. The summed E-state index contributed by atoms with van der Waals surface area (Å²) in [6.45, 7) is 13.3. The Balaban J connectivity index is 1.60. The third-order valence-electron chi connectivity index (χ3n) is 8.82. The van der Waals surface area contributed by atoms with Gasteiger partial charge in [-0.15, -0.1) is 0 Å². The summed E-state index contributed by atoms with van der Waals surface area (Å²) in [5, 5.41) is 16.3. The number of ether oxygens (including phenoxy) is 1. The number of rotatable bonds is 12. The molecule has 1 aliphatic rings. The molecule has 1 amide bonds. The number of carbonyl (C=O) groups is 2. The molecule has 0 atom stereocenters. The molecule has 1 N–H and O–H groups in total. The number of aryl methyl sites for hydroxylation is 4. The van der Waals surface area contributed by atoms with Gasteiger partial charge in [-0.25, -0.2) is 9.78 Å². The summed E-state index contributed by atoms with van der Waals surface area (Å²) in [4.78, 5) is 32.4. The Labute approximate surface area is 301 Å². The average Bonchev–Trinajstić information content (AvgIpc) is 3.42. The number of amides is 1. The van der Waals surface area contributed by atoms with Crippen molar-refractivity contribution in [3.8, 4) is 11.1 Å². The molecule has 4 aromatic rings. The normalized spacial score (nSPS) is 14.0. The van der Waals surface area contributed by atoms with Crippen molar-refractivity contribution in [2.75, 3.05) is 13.2 Å². The number of hydrogen-bond donors (Lipinski definition) is 1. The van der Waals surface area contributed by atoms with E-state index in [1.54, 1.807) is 4.90 Å². The number of carbonyl (C=O) groups excluding carboxylic acids is 1. The molecule has 0 radical (unpaired) electrons. The number of nitrogens with zero attached hydrogens (tertiary/aromatic N) is 5. The molecule has 49 heavy (non-hydrogen) atoms. The maximum atomic E-state index is 14.6. The molecular weight excluding hydrogens is 685 g/mol. The van der Waals surface area contributed by atoms with Crippen molar-refractivity contribution in [1.29, 1.82) is 0 Å². The van der Waals surface area contributed by atoms with Crippen LogP contribution in [0.3, 0.4) is 0 Å². The first-order valence-electron chi connectivity index (χ1n) is 16.2. The second-order valence-electron chi connectivity index (χ2n) is 12.2. The predicted molar refractivity (Wildman–Crippen MR) is 196 cm³/mol. The van der Waals surface area contributed by atoms with Gasteiger partial charge in [-0.1, -0.05) is 54.4 Å². The number of benzene rings is 1. The van der Waals surface area contributed by atoms with Gasteiger partial charge < -0.3 is 19.3 Å². The summed E-state index contributed by atoms with van der Waals surface area (Å²) in [6, 6.07) is 6.65. The molecule has 12 heteroatoms. The molecule has 0 saturated heterocycles. The van der Waals surface area contributed by atoms with E-state index in [-0.39, 0.29) is 23.2 Å². The van der Waals surface area contributed by atoms with Crippen molar-refractivity contribution < 1.29 is 19.4 Å². The topological polar surface area (TPSA) is 102 Å². The second-order valence-corrected chi connectivity index (χ2v) is 13.5. The third-order valence-corrected chi connectivity index (χ3v) is 9.62. The van der Waals surface area contributed by atoms with Crippen LogP contribution in [0.5, 0.6) is 0 Å². The van der Waals surface area contributed by atoms with Gasteiger partial charge in [-0.3, -0.25) is 9.48 Å². The molecule has 0 unspecified atom stereocenters. The lowest BCUT2D eigenvalue weighted by Crippen LogP contribution is -2.31. The predicted octanol–water partition coefficient (Wildman–Crippen LogP) is 9.05. The van der Waals surface area contributed by atoms with Gasteiger partial charge >= 0.3 is 5.97 Å². The average molecular weight is 725 g/mol. The fourth-order valence-corrected chi connectivity index (χ4v) is 6.98. The summed E-state index contributed by atoms with van der Waals surface area (Å²) >= 11 is 19.3. The molecular formula is C37H40Cl3N5O4. The number of carboxylic acids is 1. The summed E-state index contributed by atoms with van der Waals surface area (Å²) in [7, 11) is 1.91. The molecule has 0 aliphatic carbocycles. The van der Waals surface area contributed by atoms with Crippen LogP contribution in [-0.2, 0) is 31.3 Å². The quantitative estimate of drug-likeness (QED) is 0.0677. The van der Waals surface area contributed by atoms with E-state index in [9.17, 15) is 14.7 Å². The van der Waals surface area contributed by atoms with Crippen LogP contribution in [-0.4, -0.2) is 54.4 Å². The minimum Gasteiger partial charge on any atom is -0.494 e. The second kappa shape index (κ2) is 15.2. The standard InChI is InChI=1S/C37H40Cl3N5O4/c1-7-10-27(17-21(2)22(3)38)49-16-8-11-28-29-12-13-30(39)33(32-23(4)42-43(6)24(32)5)34(29)45-15-9-14-44(36(46)35(28)45)20-26-18-25(37(47)48)19-31(40)41-26/h10,12-13,17-19H,3,7-9,11,14-16,20H2,1-2,4-6H3,(H,47,48)/b21-17-,27-10+. The number of pyridine rings is 1. The monoisotopic (exact) mass is 723 g/mol. The Bertz CT molecular complexity index is 2020. The molecule has 5 rings (SSSR count). The highest BCUT2D eigenvalue weighted by Crippen LogP contribution is 2.43. The number of hydrogen-bond acceptors (Lipinski definition) is 5. The fraction of sp³-hybridized carbons (Fsp3) is 0.351.